The predicted molar refractivity (Wildman–Crippen MR) is 120 cm³/mol. The van der Waals surface area contributed by atoms with Crippen molar-refractivity contribution in [1.82, 2.24) is 0 Å². The molecule has 32 heavy (non-hydrogen) atoms. The topological polar surface area (TPSA) is 86.0 Å². The Balaban J connectivity index is 1.76. The molecule has 0 aliphatic carbocycles. The average molecular weight is 449 g/mol. The van der Waals surface area contributed by atoms with E-state index in [0.29, 0.717) is 21.9 Å². The highest BCUT2D eigenvalue weighted by atomic mass is 35.5. The first-order chi connectivity index (χ1) is 15.5. The van der Waals surface area contributed by atoms with Gasteiger partial charge in [0.15, 0.2) is 0 Å². The van der Waals surface area contributed by atoms with Crippen LogP contribution in [0.15, 0.2) is 70.1 Å². The molecule has 6 nitrogen and oxygen atoms in total. The van der Waals surface area contributed by atoms with Crippen molar-refractivity contribution in [2.45, 2.75) is 12.3 Å². The summed E-state index contributed by atoms with van der Waals surface area (Å²) in [5, 5.41) is 11.2. The van der Waals surface area contributed by atoms with E-state index in [1.165, 1.54) is 12.3 Å². The third-order valence-corrected chi connectivity index (χ3v) is 5.87. The van der Waals surface area contributed by atoms with Crippen LogP contribution in [0.25, 0.3) is 22.1 Å². The Morgan fingerprint density at radius 3 is 2.62 bits per heavy atom. The van der Waals surface area contributed by atoms with Crippen LogP contribution < -0.4 is 14.9 Å². The van der Waals surface area contributed by atoms with Gasteiger partial charge in [0, 0.05) is 22.6 Å². The van der Waals surface area contributed by atoms with Crippen molar-refractivity contribution in [3.63, 3.8) is 0 Å². The minimum Gasteiger partial charge on any atom is -0.507 e. The summed E-state index contributed by atoms with van der Waals surface area (Å²) in [6.07, 6.45) is 1.41. The average Bonchev–Trinajstić information content (AvgIpc) is 2.79. The van der Waals surface area contributed by atoms with E-state index in [0.717, 1.165) is 5.56 Å². The van der Waals surface area contributed by atoms with Crippen LogP contribution in [-0.4, -0.2) is 18.2 Å². The normalized spacial score (nSPS) is 15.3. The number of esters is 1. The molecular weight excluding hydrogens is 432 g/mol. The number of carbonyl (C=O) groups excluding carboxylic acids is 1. The highest BCUT2D eigenvalue weighted by Crippen LogP contribution is 2.46. The van der Waals surface area contributed by atoms with Gasteiger partial charge in [-0.05, 0) is 35.4 Å². The van der Waals surface area contributed by atoms with Gasteiger partial charge in [0.05, 0.1) is 19.1 Å². The van der Waals surface area contributed by atoms with Gasteiger partial charge < -0.3 is 19.0 Å². The molecule has 2 heterocycles. The molecule has 1 atom stereocenters. The maximum absolute atomic E-state index is 13.3. The molecule has 3 aromatic carbocycles. The zero-order valence-corrected chi connectivity index (χ0v) is 17.7. The number of phenols is 1. The molecule has 4 aromatic rings. The molecule has 0 bridgehead atoms. The van der Waals surface area contributed by atoms with Crippen LogP contribution >= 0.6 is 11.6 Å². The highest BCUT2D eigenvalue weighted by molar-refractivity contribution is 6.30. The van der Waals surface area contributed by atoms with E-state index in [9.17, 15) is 14.7 Å². The van der Waals surface area contributed by atoms with Gasteiger partial charge in [-0.1, -0.05) is 35.9 Å². The molecule has 0 fully saturated rings. The maximum atomic E-state index is 13.3. The molecule has 0 spiro atoms. The van der Waals surface area contributed by atoms with Crippen molar-refractivity contribution in [3.8, 4) is 28.4 Å². The number of ether oxygens (including phenoxy) is 2. The number of rotatable bonds is 3. The number of carbonyl (C=O) groups is 1. The number of aromatic hydroxyl groups is 1. The molecule has 160 valence electrons. The fourth-order valence-electron chi connectivity index (χ4n) is 4.10. The second-order valence-corrected chi connectivity index (χ2v) is 7.94. The predicted octanol–water partition coefficient (Wildman–Crippen LogP) is 5.27. The number of halogens is 1. The first-order valence-corrected chi connectivity index (χ1v) is 10.3. The lowest BCUT2D eigenvalue weighted by molar-refractivity contribution is -0.135. The summed E-state index contributed by atoms with van der Waals surface area (Å²) in [5.74, 6) is -0.389. The van der Waals surface area contributed by atoms with Gasteiger partial charge in [0.2, 0.25) is 5.43 Å². The van der Waals surface area contributed by atoms with Gasteiger partial charge in [-0.2, -0.15) is 0 Å². The SMILES string of the molecule is COc1cccc([C@@H]2CC(=O)Oc3cc(O)c4c(=O)c(-c5ccc(Cl)cc5)coc4c32)c1. The number of fused-ring (bicyclic) bond motifs is 3. The Labute approximate surface area is 187 Å². The first-order valence-electron chi connectivity index (χ1n) is 9.88. The smallest absolute Gasteiger partial charge is 0.312 e. The summed E-state index contributed by atoms with van der Waals surface area (Å²) in [6, 6.07) is 15.4. The molecule has 1 N–H and O–H groups in total. The number of hydrogen-bond acceptors (Lipinski definition) is 6. The fourth-order valence-corrected chi connectivity index (χ4v) is 4.23. The zero-order valence-electron chi connectivity index (χ0n) is 16.9. The quantitative estimate of drug-likeness (QED) is 0.339. The van der Waals surface area contributed by atoms with Crippen LogP contribution in [0.4, 0.5) is 0 Å². The van der Waals surface area contributed by atoms with E-state index in [1.54, 1.807) is 37.4 Å². The van der Waals surface area contributed by atoms with Crippen molar-refractivity contribution >= 4 is 28.5 Å². The van der Waals surface area contributed by atoms with Crippen molar-refractivity contribution in [2.75, 3.05) is 7.11 Å². The molecule has 1 aliphatic heterocycles. The second-order valence-electron chi connectivity index (χ2n) is 7.50. The van der Waals surface area contributed by atoms with E-state index in [4.69, 9.17) is 25.5 Å². The van der Waals surface area contributed by atoms with Gasteiger partial charge in [0.25, 0.3) is 0 Å². The van der Waals surface area contributed by atoms with Gasteiger partial charge >= 0.3 is 5.97 Å². The van der Waals surface area contributed by atoms with Gasteiger partial charge in [-0.15, -0.1) is 0 Å². The Morgan fingerprint density at radius 1 is 1.09 bits per heavy atom. The highest BCUT2D eigenvalue weighted by Gasteiger charge is 2.33. The van der Waals surface area contributed by atoms with Crippen molar-refractivity contribution in [1.29, 1.82) is 0 Å². The summed E-state index contributed by atoms with van der Waals surface area (Å²) in [5.41, 5.74) is 2.02. The van der Waals surface area contributed by atoms with E-state index in [-0.39, 0.29) is 34.5 Å². The lowest BCUT2D eigenvalue weighted by Crippen LogP contribution is -2.22. The number of benzene rings is 3. The van der Waals surface area contributed by atoms with Crippen LogP contribution in [0.1, 0.15) is 23.5 Å². The lowest BCUT2D eigenvalue weighted by Gasteiger charge is -2.26. The Bertz CT molecular complexity index is 1420. The van der Waals surface area contributed by atoms with Crippen LogP contribution in [0.5, 0.6) is 17.2 Å². The summed E-state index contributed by atoms with van der Waals surface area (Å²) in [6.45, 7) is 0. The maximum Gasteiger partial charge on any atom is 0.312 e. The van der Waals surface area contributed by atoms with Gasteiger partial charge in [-0.25, -0.2) is 0 Å². The van der Waals surface area contributed by atoms with Crippen LogP contribution in [0.2, 0.25) is 5.02 Å². The van der Waals surface area contributed by atoms with E-state index < -0.39 is 17.3 Å². The molecular formula is C25H17ClO6. The second kappa shape index (κ2) is 7.73. The Hall–Kier alpha value is -3.77. The Morgan fingerprint density at radius 2 is 1.88 bits per heavy atom. The summed E-state index contributed by atoms with van der Waals surface area (Å²) in [4.78, 5) is 25.7. The summed E-state index contributed by atoms with van der Waals surface area (Å²) < 4.78 is 16.6. The molecule has 1 aliphatic rings. The zero-order chi connectivity index (χ0) is 22.4. The molecule has 5 rings (SSSR count). The molecule has 0 amide bonds. The number of hydrogen-bond donors (Lipinski definition) is 1. The van der Waals surface area contributed by atoms with E-state index >= 15 is 0 Å². The first kappa shape index (κ1) is 20.2. The van der Waals surface area contributed by atoms with E-state index in [2.05, 4.69) is 0 Å². The van der Waals surface area contributed by atoms with Gasteiger partial charge in [-0.3, -0.25) is 9.59 Å². The molecule has 0 saturated carbocycles. The summed E-state index contributed by atoms with van der Waals surface area (Å²) >= 11 is 5.95. The number of phenolic OH excluding ortho intramolecular Hbond substituents is 1. The molecule has 7 heteroatoms. The van der Waals surface area contributed by atoms with Crippen LogP contribution in [-0.2, 0) is 4.79 Å². The van der Waals surface area contributed by atoms with Crippen molar-refractivity contribution in [3.05, 3.63) is 87.2 Å². The monoisotopic (exact) mass is 448 g/mol. The number of methoxy groups -OCH3 is 1. The minimum atomic E-state index is -0.441. The van der Waals surface area contributed by atoms with Crippen LogP contribution in [0, 0.1) is 0 Å². The Kier molecular flexibility index (Phi) is 4.87. The minimum absolute atomic E-state index is 0.0297. The lowest BCUT2D eigenvalue weighted by atomic mass is 9.85. The van der Waals surface area contributed by atoms with E-state index in [1.807, 2.05) is 18.2 Å². The largest absolute Gasteiger partial charge is 0.507 e. The fraction of sp³-hybridized carbons (Fsp3) is 0.120. The van der Waals surface area contributed by atoms with Crippen molar-refractivity contribution < 1.29 is 23.8 Å². The molecule has 1 aromatic heterocycles. The standard InChI is InChI=1S/C25H17ClO6/c1-30-16-4-2-3-14(9-16)17-10-21(28)32-20-11-19(27)23-24(29)18(12-31-25(23)22(17)20)13-5-7-15(26)8-6-13/h2-9,11-12,17,27H,10H2,1H3/t17-/m0/s1. The van der Waals surface area contributed by atoms with Crippen molar-refractivity contribution in [2.24, 2.45) is 0 Å². The molecule has 0 unspecified atom stereocenters. The third kappa shape index (κ3) is 3.29. The molecule has 0 saturated heterocycles. The summed E-state index contributed by atoms with van der Waals surface area (Å²) in [7, 11) is 1.56. The van der Waals surface area contributed by atoms with Crippen LogP contribution in [0.3, 0.4) is 0 Å². The third-order valence-electron chi connectivity index (χ3n) is 5.62. The molecule has 0 radical (unpaired) electrons. The van der Waals surface area contributed by atoms with Gasteiger partial charge in [0.1, 0.15) is 34.5 Å².